The summed E-state index contributed by atoms with van der Waals surface area (Å²) in [5.41, 5.74) is 7.92. The molecule has 0 aromatic heterocycles. The van der Waals surface area contributed by atoms with Crippen LogP contribution in [0.15, 0.2) is 24.3 Å². The first-order valence-electron chi connectivity index (χ1n) is 5.80. The average molecular weight is 221 g/mol. The predicted octanol–water partition coefficient (Wildman–Crippen LogP) is 3.49. The fourth-order valence-corrected chi connectivity index (χ4v) is 3.44. The van der Waals surface area contributed by atoms with E-state index in [0.29, 0.717) is 0 Å². The van der Waals surface area contributed by atoms with Crippen LogP contribution in [0.3, 0.4) is 0 Å². The maximum atomic E-state index is 5.65. The van der Waals surface area contributed by atoms with Gasteiger partial charge < -0.3 is 5.73 Å². The van der Waals surface area contributed by atoms with Gasteiger partial charge in [-0.15, -0.1) is 0 Å². The Hall–Kier alpha value is -0.630. The molecule has 1 aromatic rings. The van der Waals surface area contributed by atoms with Gasteiger partial charge in [-0.3, -0.25) is 0 Å². The lowest BCUT2D eigenvalue weighted by Gasteiger charge is -2.08. The highest BCUT2D eigenvalue weighted by atomic mass is 32.2. The molecule has 0 bridgehead atoms. The first kappa shape index (κ1) is 10.9. The Morgan fingerprint density at radius 1 is 1.13 bits per heavy atom. The number of hydrogen-bond acceptors (Lipinski definition) is 2. The van der Waals surface area contributed by atoms with Gasteiger partial charge in [-0.05, 0) is 42.7 Å². The van der Waals surface area contributed by atoms with Gasteiger partial charge >= 0.3 is 0 Å². The normalized spacial score (nSPS) is 17.1. The van der Waals surface area contributed by atoms with Gasteiger partial charge in [0.15, 0.2) is 0 Å². The maximum absolute atomic E-state index is 5.65. The summed E-state index contributed by atoms with van der Waals surface area (Å²) in [5, 5.41) is 0.943. The zero-order valence-corrected chi connectivity index (χ0v) is 9.93. The minimum atomic E-state index is 0.863. The Morgan fingerprint density at radius 3 is 2.47 bits per heavy atom. The SMILES string of the molecule is Nc1ccc(CCSC2CCCC2)cc1. The third-order valence-electron chi connectivity index (χ3n) is 3.03. The number of anilines is 1. The quantitative estimate of drug-likeness (QED) is 0.788. The molecule has 1 aromatic carbocycles. The number of thioether (sulfide) groups is 1. The van der Waals surface area contributed by atoms with Crippen molar-refractivity contribution in [1.82, 2.24) is 0 Å². The summed E-state index contributed by atoms with van der Waals surface area (Å²) < 4.78 is 0. The van der Waals surface area contributed by atoms with Gasteiger partial charge in [0.2, 0.25) is 0 Å². The van der Waals surface area contributed by atoms with Crippen molar-refractivity contribution in [3.05, 3.63) is 29.8 Å². The molecule has 0 saturated heterocycles. The van der Waals surface area contributed by atoms with E-state index in [0.717, 1.165) is 10.9 Å². The van der Waals surface area contributed by atoms with Gasteiger partial charge in [-0.1, -0.05) is 25.0 Å². The van der Waals surface area contributed by atoms with Crippen LogP contribution in [0.4, 0.5) is 5.69 Å². The van der Waals surface area contributed by atoms with Crippen molar-refractivity contribution in [3.8, 4) is 0 Å². The molecule has 1 aliphatic rings. The minimum Gasteiger partial charge on any atom is -0.399 e. The summed E-state index contributed by atoms with van der Waals surface area (Å²) in [6.07, 6.45) is 6.94. The van der Waals surface area contributed by atoms with E-state index >= 15 is 0 Å². The molecule has 0 spiro atoms. The van der Waals surface area contributed by atoms with Gasteiger partial charge in [0.25, 0.3) is 0 Å². The van der Waals surface area contributed by atoms with Gasteiger partial charge in [0, 0.05) is 10.9 Å². The van der Waals surface area contributed by atoms with E-state index in [1.807, 2.05) is 12.1 Å². The standard InChI is InChI=1S/C13H19NS/c14-12-7-5-11(6-8-12)9-10-15-13-3-1-2-4-13/h5-8,13H,1-4,9-10,14H2. The average Bonchev–Trinajstić information content (AvgIpc) is 2.74. The van der Waals surface area contributed by atoms with Crippen molar-refractivity contribution in [2.45, 2.75) is 37.4 Å². The molecule has 2 rings (SSSR count). The smallest absolute Gasteiger partial charge is 0.0314 e. The Bertz CT molecular complexity index is 288. The Labute approximate surface area is 96.4 Å². The fraction of sp³-hybridized carbons (Fsp3) is 0.538. The van der Waals surface area contributed by atoms with Crippen LogP contribution in [0.5, 0.6) is 0 Å². The highest BCUT2D eigenvalue weighted by molar-refractivity contribution is 7.99. The molecule has 0 amide bonds. The molecular formula is C13H19NS. The summed E-state index contributed by atoms with van der Waals surface area (Å²) in [6.45, 7) is 0. The first-order chi connectivity index (χ1) is 7.34. The van der Waals surface area contributed by atoms with E-state index in [-0.39, 0.29) is 0 Å². The molecule has 82 valence electrons. The minimum absolute atomic E-state index is 0.863. The first-order valence-corrected chi connectivity index (χ1v) is 6.85. The van der Waals surface area contributed by atoms with E-state index in [1.54, 1.807) is 0 Å². The lowest BCUT2D eigenvalue weighted by molar-refractivity contribution is 0.886. The number of hydrogen-bond donors (Lipinski definition) is 1. The van der Waals surface area contributed by atoms with Crippen molar-refractivity contribution in [2.75, 3.05) is 11.5 Å². The lowest BCUT2D eigenvalue weighted by Crippen LogP contribution is -1.98. The van der Waals surface area contributed by atoms with Crippen LogP contribution < -0.4 is 5.73 Å². The second kappa shape index (κ2) is 5.45. The largest absolute Gasteiger partial charge is 0.399 e. The van der Waals surface area contributed by atoms with E-state index in [9.17, 15) is 0 Å². The predicted molar refractivity (Wildman–Crippen MR) is 69.3 cm³/mol. The summed E-state index contributed by atoms with van der Waals surface area (Å²) >= 11 is 2.15. The van der Waals surface area contributed by atoms with Crippen LogP contribution in [-0.4, -0.2) is 11.0 Å². The van der Waals surface area contributed by atoms with Gasteiger partial charge in [0.1, 0.15) is 0 Å². The molecular weight excluding hydrogens is 202 g/mol. The van der Waals surface area contributed by atoms with Crippen molar-refractivity contribution in [1.29, 1.82) is 0 Å². The molecule has 0 atom stereocenters. The van der Waals surface area contributed by atoms with Gasteiger partial charge in [0.05, 0.1) is 0 Å². The summed E-state index contributed by atoms with van der Waals surface area (Å²) in [5.74, 6) is 1.26. The Balaban J connectivity index is 1.71. The monoisotopic (exact) mass is 221 g/mol. The molecule has 0 heterocycles. The van der Waals surface area contributed by atoms with E-state index < -0.39 is 0 Å². The summed E-state index contributed by atoms with van der Waals surface area (Å²) in [4.78, 5) is 0. The van der Waals surface area contributed by atoms with E-state index in [1.165, 1.54) is 43.4 Å². The zero-order valence-electron chi connectivity index (χ0n) is 9.11. The van der Waals surface area contributed by atoms with Crippen molar-refractivity contribution in [3.63, 3.8) is 0 Å². The topological polar surface area (TPSA) is 26.0 Å². The van der Waals surface area contributed by atoms with Crippen LogP contribution >= 0.6 is 11.8 Å². The molecule has 1 fully saturated rings. The van der Waals surface area contributed by atoms with Crippen molar-refractivity contribution < 1.29 is 0 Å². The number of aryl methyl sites for hydroxylation is 1. The molecule has 2 N–H and O–H groups in total. The van der Waals surface area contributed by atoms with Gasteiger partial charge in [-0.25, -0.2) is 0 Å². The zero-order chi connectivity index (χ0) is 10.5. The summed E-state index contributed by atoms with van der Waals surface area (Å²) in [7, 11) is 0. The van der Waals surface area contributed by atoms with Gasteiger partial charge in [-0.2, -0.15) is 11.8 Å². The highest BCUT2D eigenvalue weighted by Gasteiger charge is 2.14. The maximum Gasteiger partial charge on any atom is 0.0314 e. The van der Waals surface area contributed by atoms with E-state index in [4.69, 9.17) is 5.73 Å². The van der Waals surface area contributed by atoms with E-state index in [2.05, 4.69) is 23.9 Å². The number of benzene rings is 1. The van der Waals surface area contributed by atoms with Crippen molar-refractivity contribution in [2.24, 2.45) is 0 Å². The number of nitrogens with two attached hydrogens (primary N) is 1. The summed E-state index contributed by atoms with van der Waals surface area (Å²) in [6, 6.07) is 8.28. The fourth-order valence-electron chi connectivity index (χ4n) is 2.08. The lowest BCUT2D eigenvalue weighted by atomic mass is 10.2. The van der Waals surface area contributed by atoms with Crippen molar-refractivity contribution >= 4 is 17.4 Å². The van der Waals surface area contributed by atoms with Crippen LogP contribution in [-0.2, 0) is 6.42 Å². The van der Waals surface area contributed by atoms with Crippen LogP contribution in [0.2, 0.25) is 0 Å². The molecule has 1 nitrogen and oxygen atoms in total. The highest BCUT2D eigenvalue weighted by Crippen LogP contribution is 2.29. The second-order valence-corrected chi connectivity index (χ2v) is 5.68. The second-order valence-electron chi connectivity index (χ2n) is 4.27. The molecule has 1 aliphatic carbocycles. The Morgan fingerprint density at radius 2 is 1.80 bits per heavy atom. The van der Waals surface area contributed by atoms with Crippen LogP contribution in [0.25, 0.3) is 0 Å². The van der Waals surface area contributed by atoms with Crippen LogP contribution in [0, 0.1) is 0 Å². The molecule has 0 unspecified atom stereocenters. The molecule has 2 heteroatoms. The molecule has 0 radical (unpaired) electrons. The number of nitrogen functional groups attached to an aromatic ring is 1. The third-order valence-corrected chi connectivity index (χ3v) is 4.41. The molecule has 0 aliphatic heterocycles. The number of rotatable bonds is 4. The molecule has 15 heavy (non-hydrogen) atoms. The van der Waals surface area contributed by atoms with Crippen LogP contribution in [0.1, 0.15) is 31.2 Å². The Kier molecular flexibility index (Phi) is 3.95. The third kappa shape index (κ3) is 3.45. The molecule has 1 saturated carbocycles.